The SMILES string of the molecule is c1ccc2cc(-c3cccc4ccccc34)ncc2c1. The lowest BCUT2D eigenvalue weighted by Gasteiger charge is -2.07. The Balaban J connectivity index is 2.01. The Bertz CT molecular complexity index is 904. The molecule has 3 aromatic carbocycles. The van der Waals surface area contributed by atoms with Crippen LogP contribution in [0.5, 0.6) is 0 Å². The van der Waals surface area contributed by atoms with Crippen LogP contribution in [0.2, 0.25) is 0 Å². The molecule has 0 bridgehead atoms. The van der Waals surface area contributed by atoms with Crippen LogP contribution in [-0.2, 0) is 0 Å². The first-order valence-electron chi connectivity index (χ1n) is 6.75. The van der Waals surface area contributed by atoms with Crippen molar-refractivity contribution in [2.24, 2.45) is 0 Å². The maximum Gasteiger partial charge on any atom is 0.0714 e. The number of rotatable bonds is 1. The zero-order chi connectivity index (χ0) is 13.4. The third-order valence-corrected chi connectivity index (χ3v) is 3.70. The van der Waals surface area contributed by atoms with E-state index in [0.29, 0.717) is 0 Å². The fourth-order valence-corrected chi connectivity index (χ4v) is 2.68. The molecule has 0 N–H and O–H groups in total. The van der Waals surface area contributed by atoms with E-state index < -0.39 is 0 Å². The zero-order valence-corrected chi connectivity index (χ0v) is 11.0. The van der Waals surface area contributed by atoms with Crippen LogP contribution in [0.15, 0.2) is 79.0 Å². The van der Waals surface area contributed by atoms with E-state index in [-0.39, 0.29) is 0 Å². The molecule has 0 aliphatic heterocycles. The summed E-state index contributed by atoms with van der Waals surface area (Å²) >= 11 is 0. The van der Waals surface area contributed by atoms with Crippen LogP contribution >= 0.6 is 0 Å². The molecule has 0 spiro atoms. The standard InChI is InChI=1S/C19H13N/c1-2-8-16-13-20-19(12-15(16)7-1)18-11-5-9-14-6-3-4-10-17(14)18/h1-13H. The Kier molecular flexibility index (Phi) is 2.49. The minimum absolute atomic E-state index is 1.03. The molecule has 0 saturated heterocycles. The van der Waals surface area contributed by atoms with Crippen molar-refractivity contribution in [1.29, 1.82) is 0 Å². The van der Waals surface area contributed by atoms with Crippen molar-refractivity contribution in [2.75, 3.05) is 0 Å². The van der Waals surface area contributed by atoms with Crippen LogP contribution in [-0.4, -0.2) is 4.98 Å². The number of hydrogen-bond donors (Lipinski definition) is 0. The van der Waals surface area contributed by atoms with Gasteiger partial charge in [-0.05, 0) is 22.2 Å². The van der Waals surface area contributed by atoms with E-state index in [1.54, 1.807) is 0 Å². The molecule has 0 radical (unpaired) electrons. The Hall–Kier alpha value is -2.67. The van der Waals surface area contributed by atoms with Gasteiger partial charge in [0.25, 0.3) is 0 Å². The second kappa shape index (κ2) is 4.46. The second-order valence-corrected chi connectivity index (χ2v) is 4.94. The average molecular weight is 255 g/mol. The van der Waals surface area contributed by atoms with Gasteiger partial charge in [-0.15, -0.1) is 0 Å². The molecule has 1 heteroatoms. The second-order valence-electron chi connectivity index (χ2n) is 4.94. The van der Waals surface area contributed by atoms with Crippen LogP contribution in [0.1, 0.15) is 0 Å². The lowest BCUT2D eigenvalue weighted by Crippen LogP contribution is -1.86. The van der Waals surface area contributed by atoms with Crippen molar-refractivity contribution in [1.82, 2.24) is 4.98 Å². The lowest BCUT2D eigenvalue weighted by molar-refractivity contribution is 1.36. The molecule has 1 nitrogen and oxygen atoms in total. The Morgan fingerprint density at radius 2 is 1.30 bits per heavy atom. The number of nitrogens with zero attached hydrogens (tertiary/aromatic N) is 1. The van der Waals surface area contributed by atoms with E-state index in [1.807, 2.05) is 12.3 Å². The van der Waals surface area contributed by atoms with Gasteiger partial charge in [0.1, 0.15) is 0 Å². The van der Waals surface area contributed by atoms with Gasteiger partial charge in [-0.2, -0.15) is 0 Å². The quantitative estimate of drug-likeness (QED) is 0.463. The fourth-order valence-electron chi connectivity index (χ4n) is 2.68. The molecule has 0 fully saturated rings. The molecule has 0 atom stereocenters. The van der Waals surface area contributed by atoms with Gasteiger partial charge in [0, 0.05) is 17.1 Å². The van der Waals surface area contributed by atoms with Crippen LogP contribution in [0.25, 0.3) is 32.8 Å². The topological polar surface area (TPSA) is 12.9 Å². The molecule has 0 aliphatic rings. The van der Waals surface area contributed by atoms with Gasteiger partial charge in [-0.25, -0.2) is 0 Å². The maximum absolute atomic E-state index is 4.63. The summed E-state index contributed by atoms with van der Waals surface area (Å²) in [5.74, 6) is 0. The van der Waals surface area contributed by atoms with Gasteiger partial charge in [0.2, 0.25) is 0 Å². The minimum Gasteiger partial charge on any atom is -0.256 e. The Labute approximate surface area is 117 Å². The van der Waals surface area contributed by atoms with E-state index in [0.717, 1.165) is 5.69 Å². The zero-order valence-electron chi connectivity index (χ0n) is 11.0. The molecule has 20 heavy (non-hydrogen) atoms. The third-order valence-electron chi connectivity index (χ3n) is 3.70. The van der Waals surface area contributed by atoms with Crippen molar-refractivity contribution in [3.8, 4) is 11.3 Å². The van der Waals surface area contributed by atoms with Gasteiger partial charge >= 0.3 is 0 Å². The van der Waals surface area contributed by atoms with E-state index in [2.05, 4.69) is 71.7 Å². The van der Waals surface area contributed by atoms with Gasteiger partial charge in [0.05, 0.1) is 5.69 Å². The van der Waals surface area contributed by atoms with Crippen molar-refractivity contribution in [3.63, 3.8) is 0 Å². The Morgan fingerprint density at radius 3 is 2.20 bits per heavy atom. The van der Waals surface area contributed by atoms with Crippen molar-refractivity contribution < 1.29 is 0 Å². The van der Waals surface area contributed by atoms with Crippen molar-refractivity contribution in [2.45, 2.75) is 0 Å². The Morgan fingerprint density at radius 1 is 0.600 bits per heavy atom. The molecular weight excluding hydrogens is 242 g/mol. The molecule has 0 saturated carbocycles. The van der Waals surface area contributed by atoms with Gasteiger partial charge < -0.3 is 0 Å². The van der Waals surface area contributed by atoms with Crippen LogP contribution in [0.4, 0.5) is 0 Å². The first-order chi connectivity index (χ1) is 9.92. The normalized spacial score (nSPS) is 11.0. The monoisotopic (exact) mass is 255 g/mol. The summed E-state index contributed by atoms with van der Waals surface area (Å²) in [6.07, 6.45) is 1.95. The molecule has 0 amide bonds. The highest BCUT2D eigenvalue weighted by Gasteiger charge is 2.05. The number of hydrogen-bond acceptors (Lipinski definition) is 1. The molecule has 4 aromatic rings. The first-order valence-corrected chi connectivity index (χ1v) is 6.75. The van der Waals surface area contributed by atoms with E-state index in [4.69, 9.17) is 0 Å². The number of pyridine rings is 1. The average Bonchev–Trinajstić information content (AvgIpc) is 2.54. The molecule has 1 aromatic heterocycles. The smallest absolute Gasteiger partial charge is 0.0714 e. The summed E-state index contributed by atoms with van der Waals surface area (Å²) in [6.45, 7) is 0. The highest BCUT2D eigenvalue weighted by molar-refractivity contribution is 5.97. The van der Waals surface area contributed by atoms with Gasteiger partial charge in [-0.1, -0.05) is 66.7 Å². The molecule has 0 unspecified atom stereocenters. The number of benzene rings is 3. The summed E-state index contributed by atoms with van der Waals surface area (Å²) < 4.78 is 0. The number of fused-ring (bicyclic) bond motifs is 2. The largest absolute Gasteiger partial charge is 0.256 e. The molecule has 4 rings (SSSR count). The summed E-state index contributed by atoms with van der Waals surface area (Å²) in [4.78, 5) is 4.63. The van der Waals surface area contributed by atoms with E-state index in [9.17, 15) is 0 Å². The van der Waals surface area contributed by atoms with E-state index >= 15 is 0 Å². The molecule has 1 heterocycles. The summed E-state index contributed by atoms with van der Waals surface area (Å²) in [7, 11) is 0. The van der Waals surface area contributed by atoms with Gasteiger partial charge in [0.15, 0.2) is 0 Å². The lowest BCUT2D eigenvalue weighted by atomic mass is 10.0. The van der Waals surface area contributed by atoms with Crippen molar-refractivity contribution >= 4 is 21.5 Å². The summed E-state index contributed by atoms with van der Waals surface area (Å²) in [6, 6.07) is 25.3. The van der Waals surface area contributed by atoms with E-state index in [1.165, 1.54) is 27.1 Å². The molecular formula is C19H13N. The predicted molar refractivity (Wildman–Crippen MR) is 84.7 cm³/mol. The third kappa shape index (κ3) is 1.76. The summed E-state index contributed by atoms with van der Waals surface area (Å²) in [5.41, 5.74) is 2.22. The van der Waals surface area contributed by atoms with Crippen LogP contribution in [0.3, 0.4) is 0 Å². The highest BCUT2D eigenvalue weighted by atomic mass is 14.7. The number of aromatic nitrogens is 1. The fraction of sp³-hybridized carbons (Fsp3) is 0. The molecule has 94 valence electrons. The molecule has 0 aliphatic carbocycles. The van der Waals surface area contributed by atoms with Crippen LogP contribution in [0, 0.1) is 0 Å². The maximum atomic E-state index is 4.63. The highest BCUT2D eigenvalue weighted by Crippen LogP contribution is 2.28. The van der Waals surface area contributed by atoms with Crippen molar-refractivity contribution in [3.05, 3.63) is 79.0 Å². The predicted octanol–water partition coefficient (Wildman–Crippen LogP) is 5.06. The van der Waals surface area contributed by atoms with Crippen LogP contribution < -0.4 is 0 Å². The summed E-state index contributed by atoms with van der Waals surface area (Å²) in [5, 5.41) is 4.90. The minimum atomic E-state index is 1.03. The first kappa shape index (κ1) is 11.2. The van der Waals surface area contributed by atoms with Gasteiger partial charge in [-0.3, -0.25) is 4.98 Å².